The number of aromatic nitrogens is 3. The van der Waals surface area contributed by atoms with E-state index in [0.29, 0.717) is 24.2 Å². The zero-order chi connectivity index (χ0) is 27.0. The normalized spacial score (nSPS) is 15.9. The average molecular weight is 523 g/mol. The Morgan fingerprint density at radius 3 is 2.63 bits per heavy atom. The molecule has 38 heavy (non-hydrogen) atoms. The number of hydrogen-bond donors (Lipinski definition) is 0. The van der Waals surface area contributed by atoms with Gasteiger partial charge in [-0.2, -0.15) is 4.99 Å². The van der Waals surface area contributed by atoms with E-state index in [2.05, 4.69) is 4.99 Å². The Balaban J connectivity index is 1.90. The van der Waals surface area contributed by atoms with Gasteiger partial charge in [0.25, 0.3) is 11.5 Å². The monoisotopic (exact) mass is 522 g/mol. The summed E-state index contributed by atoms with van der Waals surface area (Å²) < 4.78 is 42.6. The number of amides is 1. The third kappa shape index (κ3) is 4.49. The van der Waals surface area contributed by atoms with Crippen molar-refractivity contribution in [2.24, 2.45) is 4.99 Å². The molecule has 11 heteroatoms. The van der Waals surface area contributed by atoms with E-state index in [0.717, 1.165) is 24.6 Å². The van der Waals surface area contributed by atoms with Crippen LogP contribution in [-0.4, -0.2) is 45.1 Å². The standard InChI is InChI=1S/C27H24F2N4O5/c1-3-37-27(36)18-13-17-23(30-22-15(2)7-5-11-32(22)26(17)35)33(14-16-8-6-12-38-16)24(18)31-25(34)21-19(28)9-4-10-20(21)29/h4-5,7,9-11,13,16H,3,6,8,12,14H2,1-2H3/t16-/m1/s1. The fourth-order valence-corrected chi connectivity index (χ4v) is 4.59. The SMILES string of the molecule is CCOC(=O)c1cc2c(=O)n3cccc(C)c3nc2n(C[C@H]2CCCO2)c1=NC(=O)c1c(F)cccc1F. The number of carbonyl (C=O) groups excluding carboxylic acids is 2. The second-order valence-electron chi connectivity index (χ2n) is 8.90. The largest absolute Gasteiger partial charge is 0.462 e. The van der Waals surface area contributed by atoms with Gasteiger partial charge in [0.05, 0.1) is 24.6 Å². The molecule has 0 aliphatic carbocycles. The fourth-order valence-electron chi connectivity index (χ4n) is 4.59. The highest BCUT2D eigenvalue weighted by Crippen LogP contribution is 2.19. The lowest BCUT2D eigenvalue weighted by molar-refractivity contribution is 0.0521. The lowest BCUT2D eigenvalue weighted by Gasteiger charge is -2.18. The Bertz CT molecular complexity index is 1700. The minimum absolute atomic E-state index is 0.00603. The molecule has 4 aromatic rings. The predicted molar refractivity (Wildman–Crippen MR) is 133 cm³/mol. The van der Waals surface area contributed by atoms with Crippen molar-refractivity contribution in [3.63, 3.8) is 0 Å². The van der Waals surface area contributed by atoms with Crippen LogP contribution in [0.3, 0.4) is 0 Å². The molecule has 0 radical (unpaired) electrons. The maximum atomic E-state index is 14.4. The smallest absolute Gasteiger partial charge is 0.341 e. The number of fused-ring (bicyclic) bond motifs is 2. The number of ether oxygens (including phenoxy) is 2. The zero-order valence-electron chi connectivity index (χ0n) is 20.7. The third-order valence-electron chi connectivity index (χ3n) is 6.39. The molecule has 1 aromatic carbocycles. The number of carbonyl (C=O) groups is 2. The molecule has 3 aromatic heterocycles. The third-order valence-corrected chi connectivity index (χ3v) is 6.39. The maximum absolute atomic E-state index is 14.4. The summed E-state index contributed by atoms with van der Waals surface area (Å²) in [7, 11) is 0. The molecule has 1 aliphatic heterocycles. The molecule has 1 fully saturated rings. The second kappa shape index (κ2) is 10.3. The summed E-state index contributed by atoms with van der Waals surface area (Å²) in [5.74, 6) is -4.29. The van der Waals surface area contributed by atoms with Gasteiger partial charge in [0.2, 0.25) is 0 Å². The van der Waals surface area contributed by atoms with Gasteiger partial charge in [-0.25, -0.2) is 18.6 Å². The van der Waals surface area contributed by atoms with Crippen LogP contribution in [0.4, 0.5) is 8.78 Å². The molecule has 0 spiro atoms. The van der Waals surface area contributed by atoms with Crippen LogP contribution >= 0.6 is 0 Å². The molecule has 1 atom stereocenters. The van der Waals surface area contributed by atoms with Crippen LogP contribution in [0.1, 0.15) is 46.0 Å². The van der Waals surface area contributed by atoms with Crippen LogP contribution < -0.4 is 11.0 Å². The number of rotatable bonds is 5. The van der Waals surface area contributed by atoms with Crippen LogP contribution in [0.2, 0.25) is 0 Å². The summed E-state index contributed by atoms with van der Waals surface area (Å²) in [6.07, 6.45) is 2.71. The van der Waals surface area contributed by atoms with Gasteiger partial charge in [-0.15, -0.1) is 0 Å². The van der Waals surface area contributed by atoms with E-state index in [-0.39, 0.29) is 41.3 Å². The molecular formula is C27H24F2N4O5. The van der Waals surface area contributed by atoms with Gasteiger partial charge >= 0.3 is 5.97 Å². The number of esters is 1. The summed E-state index contributed by atoms with van der Waals surface area (Å²) >= 11 is 0. The molecule has 0 bridgehead atoms. The van der Waals surface area contributed by atoms with Gasteiger partial charge < -0.3 is 14.0 Å². The number of benzene rings is 1. The summed E-state index contributed by atoms with van der Waals surface area (Å²) in [4.78, 5) is 48.4. The highest BCUT2D eigenvalue weighted by Gasteiger charge is 2.25. The van der Waals surface area contributed by atoms with Crippen LogP contribution in [0.5, 0.6) is 0 Å². The van der Waals surface area contributed by atoms with Crippen molar-refractivity contribution in [1.29, 1.82) is 0 Å². The summed E-state index contributed by atoms with van der Waals surface area (Å²) in [5.41, 5.74) is -0.530. The molecule has 5 rings (SSSR count). The first-order chi connectivity index (χ1) is 18.3. The number of hydrogen-bond acceptors (Lipinski definition) is 6. The molecule has 1 amide bonds. The van der Waals surface area contributed by atoms with E-state index < -0.39 is 34.6 Å². The van der Waals surface area contributed by atoms with Crippen molar-refractivity contribution in [3.05, 3.63) is 86.8 Å². The summed E-state index contributed by atoms with van der Waals surface area (Å²) in [6.45, 7) is 4.00. The minimum Gasteiger partial charge on any atom is -0.462 e. The average Bonchev–Trinajstić information content (AvgIpc) is 3.39. The van der Waals surface area contributed by atoms with E-state index >= 15 is 0 Å². The Kier molecular flexibility index (Phi) is 6.85. The van der Waals surface area contributed by atoms with Crippen molar-refractivity contribution in [2.45, 2.75) is 39.3 Å². The van der Waals surface area contributed by atoms with E-state index in [1.165, 1.54) is 15.0 Å². The molecule has 4 heterocycles. The van der Waals surface area contributed by atoms with Gasteiger partial charge in [0.15, 0.2) is 5.49 Å². The van der Waals surface area contributed by atoms with E-state index in [1.54, 1.807) is 32.2 Å². The number of pyridine rings is 2. The zero-order valence-corrected chi connectivity index (χ0v) is 20.7. The van der Waals surface area contributed by atoms with Crippen LogP contribution in [-0.2, 0) is 16.0 Å². The van der Waals surface area contributed by atoms with Crippen LogP contribution in [0.25, 0.3) is 16.7 Å². The summed E-state index contributed by atoms with van der Waals surface area (Å²) in [5, 5.41) is 0.0811. The van der Waals surface area contributed by atoms with Crippen LogP contribution in [0, 0.1) is 18.6 Å². The Labute approximate surface area is 215 Å². The number of aryl methyl sites for hydroxylation is 1. The maximum Gasteiger partial charge on any atom is 0.341 e. The molecule has 0 unspecified atom stereocenters. The molecule has 0 N–H and O–H groups in total. The van der Waals surface area contributed by atoms with Crippen molar-refractivity contribution in [2.75, 3.05) is 13.2 Å². The van der Waals surface area contributed by atoms with Gasteiger partial charge in [-0.3, -0.25) is 14.0 Å². The van der Waals surface area contributed by atoms with Gasteiger partial charge in [-0.05, 0) is 56.5 Å². The van der Waals surface area contributed by atoms with Gasteiger partial charge in [0.1, 0.15) is 34.1 Å². The molecular weight excluding hydrogens is 498 g/mol. The minimum atomic E-state index is -1.24. The fraction of sp³-hybridized carbons (Fsp3) is 0.296. The first-order valence-corrected chi connectivity index (χ1v) is 12.2. The van der Waals surface area contributed by atoms with Gasteiger partial charge in [0, 0.05) is 12.8 Å². The topological polar surface area (TPSA) is 104 Å². The number of halogens is 2. The Hall–Kier alpha value is -4.25. The molecule has 1 aliphatic rings. The van der Waals surface area contributed by atoms with Gasteiger partial charge in [-0.1, -0.05) is 12.1 Å². The lowest BCUT2D eigenvalue weighted by Crippen LogP contribution is -2.35. The second-order valence-corrected chi connectivity index (χ2v) is 8.90. The van der Waals surface area contributed by atoms with E-state index in [4.69, 9.17) is 14.5 Å². The highest BCUT2D eigenvalue weighted by atomic mass is 19.1. The first kappa shape index (κ1) is 25.4. The van der Waals surface area contributed by atoms with Crippen molar-refractivity contribution >= 4 is 28.6 Å². The summed E-state index contributed by atoms with van der Waals surface area (Å²) in [6, 6.07) is 7.76. The van der Waals surface area contributed by atoms with Crippen molar-refractivity contribution < 1.29 is 27.8 Å². The number of nitrogens with zero attached hydrogens (tertiary/aromatic N) is 4. The molecule has 0 saturated carbocycles. The molecule has 196 valence electrons. The molecule has 9 nitrogen and oxygen atoms in total. The Morgan fingerprint density at radius 2 is 1.95 bits per heavy atom. The highest BCUT2D eigenvalue weighted by molar-refractivity contribution is 5.97. The first-order valence-electron chi connectivity index (χ1n) is 12.2. The van der Waals surface area contributed by atoms with Crippen molar-refractivity contribution in [3.8, 4) is 0 Å². The van der Waals surface area contributed by atoms with E-state index in [9.17, 15) is 23.2 Å². The van der Waals surface area contributed by atoms with Crippen molar-refractivity contribution in [1.82, 2.24) is 14.0 Å². The quantitative estimate of drug-likeness (QED) is 0.294. The predicted octanol–water partition coefficient (Wildman–Crippen LogP) is 3.33. The lowest BCUT2D eigenvalue weighted by atomic mass is 10.1. The van der Waals surface area contributed by atoms with E-state index in [1.807, 2.05) is 0 Å². The molecule has 1 saturated heterocycles. The Morgan fingerprint density at radius 1 is 1.18 bits per heavy atom. The van der Waals surface area contributed by atoms with Crippen LogP contribution in [0.15, 0.2) is 52.4 Å².